The van der Waals surface area contributed by atoms with Crippen LogP contribution in [0.3, 0.4) is 0 Å². The van der Waals surface area contributed by atoms with E-state index < -0.39 is 26.6 Å². The lowest BCUT2D eigenvalue weighted by atomic mass is 10.2. The van der Waals surface area contributed by atoms with Crippen molar-refractivity contribution < 1.29 is 22.9 Å². The lowest BCUT2D eigenvalue weighted by molar-refractivity contribution is -0.383. The van der Waals surface area contributed by atoms with E-state index in [9.17, 15) is 23.3 Å². The smallest absolute Gasteiger partial charge is 0.354 e. The molecule has 3 N–H and O–H groups in total. The van der Waals surface area contributed by atoms with Crippen LogP contribution in [0.1, 0.15) is 29.8 Å². The number of nitrogens with one attached hydrogen (secondary N) is 3. The summed E-state index contributed by atoms with van der Waals surface area (Å²) in [5, 5.41) is 14.5. The molecule has 0 aliphatic rings. The quantitative estimate of drug-likeness (QED) is 0.213. The minimum Gasteiger partial charge on any atom is -0.462 e. The van der Waals surface area contributed by atoms with Crippen molar-refractivity contribution in [3.63, 3.8) is 0 Å². The first-order valence-electron chi connectivity index (χ1n) is 10.4. The predicted octanol–water partition coefficient (Wildman–Crippen LogP) is 3.56. The molecule has 12 nitrogen and oxygen atoms in total. The standard InChI is InChI=1S/C22H24N6O6S/c1-14(2)12-34-22(29)16-6-8-17(9-7-16)25-20-19(28(30)31)21(24-13-23-20)26-27-35(32,33)18-10-4-15(3)5-11-18/h4-11,13-14,27H,12H2,1-3H3,(H2,23,24,25,26). The molecular formula is C22H24N6O6S. The number of nitro groups is 1. The fraction of sp³-hybridized carbons (Fsp3) is 0.227. The third-order valence-corrected chi connectivity index (χ3v) is 5.83. The van der Waals surface area contributed by atoms with E-state index in [0.717, 1.165) is 11.9 Å². The Kier molecular flexibility index (Phi) is 7.94. The van der Waals surface area contributed by atoms with E-state index in [2.05, 4.69) is 25.5 Å². The number of aryl methyl sites for hydroxylation is 1. The van der Waals surface area contributed by atoms with E-state index >= 15 is 0 Å². The second kappa shape index (κ2) is 10.9. The van der Waals surface area contributed by atoms with E-state index in [-0.39, 0.29) is 29.1 Å². The summed E-state index contributed by atoms with van der Waals surface area (Å²) in [6.45, 7) is 5.94. The van der Waals surface area contributed by atoms with Crippen LogP contribution < -0.4 is 15.6 Å². The van der Waals surface area contributed by atoms with E-state index in [1.165, 1.54) is 36.4 Å². The number of anilines is 3. The van der Waals surface area contributed by atoms with Crippen molar-refractivity contribution >= 4 is 39.0 Å². The highest BCUT2D eigenvalue weighted by Gasteiger charge is 2.25. The zero-order valence-corrected chi connectivity index (χ0v) is 20.0. The Balaban J connectivity index is 1.77. The predicted molar refractivity (Wildman–Crippen MR) is 129 cm³/mol. The summed E-state index contributed by atoms with van der Waals surface area (Å²) in [5.74, 6) is -0.831. The molecular weight excluding hydrogens is 476 g/mol. The first-order valence-corrected chi connectivity index (χ1v) is 11.9. The second-order valence-electron chi connectivity index (χ2n) is 7.91. The zero-order valence-electron chi connectivity index (χ0n) is 19.2. The van der Waals surface area contributed by atoms with Gasteiger partial charge < -0.3 is 10.1 Å². The van der Waals surface area contributed by atoms with Gasteiger partial charge in [0.25, 0.3) is 10.0 Å². The van der Waals surface area contributed by atoms with Crippen LogP contribution in [0.25, 0.3) is 0 Å². The van der Waals surface area contributed by atoms with Gasteiger partial charge in [0.1, 0.15) is 6.33 Å². The third-order valence-electron chi connectivity index (χ3n) is 4.57. The van der Waals surface area contributed by atoms with Crippen LogP contribution in [0.4, 0.5) is 23.0 Å². The SMILES string of the molecule is Cc1ccc(S(=O)(=O)NNc2ncnc(Nc3ccc(C(=O)OCC(C)C)cc3)c2[N+](=O)[O-])cc1. The molecule has 0 bridgehead atoms. The van der Waals surface area contributed by atoms with Crippen LogP contribution in [0.5, 0.6) is 0 Å². The van der Waals surface area contributed by atoms with Gasteiger partial charge in [-0.3, -0.25) is 15.5 Å². The fourth-order valence-electron chi connectivity index (χ4n) is 2.78. The Labute approximate surface area is 201 Å². The molecule has 0 aliphatic carbocycles. The van der Waals surface area contributed by atoms with Gasteiger partial charge in [-0.05, 0) is 49.2 Å². The Bertz CT molecular complexity index is 1310. The van der Waals surface area contributed by atoms with Crippen LogP contribution in [-0.2, 0) is 14.8 Å². The first kappa shape index (κ1) is 25.5. The maximum atomic E-state index is 12.5. The topological polar surface area (TPSA) is 165 Å². The highest BCUT2D eigenvalue weighted by atomic mass is 32.2. The van der Waals surface area contributed by atoms with E-state index in [1.54, 1.807) is 12.1 Å². The molecule has 0 atom stereocenters. The molecule has 35 heavy (non-hydrogen) atoms. The van der Waals surface area contributed by atoms with Gasteiger partial charge in [0.05, 0.1) is 22.0 Å². The van der Waals surface area contributed by atoms with Crippen LogP contribution in [0.15, 0.2) is 59.8 Å². The van der Waals surface area contributed by atoms with Gasteiger partial charge in [0.2, 0.25) is 11.6 Å². The molecule has 1 heterocycles. The van der Waals surface area contributed by atoms with Crippen molar-refractivity contribution in [1.29, 1.82) is 0 Å². The summed E-state index contributed by atoms with van der Waals surface area (Å²) >= 11 is 0. The molecule has 0 spiro atoms. The molecule has 0 saturated heterocycles. The van der Waals surface area contributed by atoms with Crippen molar-refractivity contribution in [2.45, 2.75) is 25.7 Å². The molecule has 0 radical (unpaired) electrons. The fourth-order valence-corrected chi connectivity index (χ4v) is 3.62. The number of hydrogen-bond acceptors (Lipinski definition) is 10. The lowest BCUT2D eigenvalue weighted by Crippen LogP contribution is -2.30. The number of carbonyl (C=O) groups excluding carboxylic acids is 1. The van der Waals surface area contributed by atoms with Crippen molar-refractivity contribution in [3.8, 4) is 0 Å². The number of rotatable bonds is 10. The average Bonchev–Trinajstić information content (AvgIpc) is 2.82. The summed E-state index contributed by atoms with van der Waals surface area (Å²) in [5.41, 5.74) is 3.30. The Morgan fingerprint density at radius 2 is 1.69 bits per heavy atom. The largest absolute Gasteiger partial charge is 0.462 e. The highest BCUT2D eigenvalue weighted by molar-refractivity contribution is 7.89. The maximum absolute atomic E-state index is 12.5. The molecule has 13 heteroatoms. The van der Waals surface area contributed by atoms with Gasteiger partial charge in [0.15, 0.2) is 0 Å². The zero-order chi connectivity index (χ0) is 25.6. The van der Waals surface area contributed by atoms with E-state index in [4.69, 9.17) is 4.74 Å². The molecule has 0 unspecified atom stereocenters. The number of sulfonamides is 1. The van der Waals surface area contributed by atoms with Gasteiger partial charge in [-0.25, -0.2) is 23.2 Å². The molecule has 0 fully saturated rings. The number of ether oxygens (including phenoxy) is 1. The molecule has 0 aliphatic heterocycles. The van der Waals surface area contributed by atoms with Gasteiger partial charge >= 0.3 is 11.7 Å². The number of hydrazine groups is 1. The third kappa shape index (κ3) is 6.71. The molecule has 2 aromatic carbocycles. The number of esters is 1. The summed E-state index contributed by atoms with van der Waals surface area (Å²) in [4.78, 5) is 32.8. The van der Waals surface area contributed by atoms with Gasteiger partial charge in [0, 0.05) is 5.69 Å². The summed E-state index contributed by atoms with van der Waals surface area (Å²) < 4.78 is 30.2. The van der Waals surface area contributed by atoms with Crippen LogP contribution in [0.2, 0.25) is 0 Å². The van der Waals surface area contributed by atoms with E-state index in [0.29, 0.717) is 11.3 Å². The molecule has 1 aromatic heterocycles. The van der Waals surface area contributed by atoms with Crippen molar-refractivity contribution in [3.05, 3.63) is 76.1 Å². The second-order valence-corrected chi connectivity index (χ2v) is 9.60. The van der Waals surface area contributed by atoms with Crippen molar-refractivity contribution in [1.82, 2.24) is 14.8 Å². The molecule has 0 saturated carbocycles. The molecule has 0 amide bonds. The minimum absolute atomic E-state index is 0.0299. The van der Waals surface area contributed by atoms with Gasteiger partial charge in [-0.15, -0.1) is 4.83 Å². The Morgan fingerprint density at radius 3 is 2.29 bits per heavy atom. The highest BCUT2D eigenvalue weighted by Crippen LogP contribution is 2.31. The normalized spacial score (nSPS) is 11.2. The molecule has 184 valence electrons. The average molecular weight is 501 g/mol. The van der Waals surface area contributed by atoms with Gasteiger partial charge in [-0.2, -0.15) is 0 Å². The first-order chi connectivity index (χ1) is 16.6. The van der Waals surface area contributed by atoms with Crippen LogP contribution in [0, 0.1) is 23.0 Å². The molecule has 3 rings (SSSR count). The maximum Gasteiger partial charge on any atom is 0.354 e. The molecule has 3 aromatic rings. The number of carbonyl (C=O) groups is 1. The van der Waals surface area contributed by atoms with Gasteiger partial charge in [-0.1, -0.05) is 31.5 Å². The summed E-state index contributed by atoms with van der Waals surface area (Å²) in [6.07, 6.45) is 1.04. The number of benzene rings is 2. The van der Waals surface area contributed by atoms with Crippen LogP contribution >= 0.6 is 0 Å². The summed E-state index contributed by atoms with van der Waals surface area (Å²) in [7, 11) is -4.02. The monoisotopic (exact) mass is 500 g/mol. The van der Waals surface area contributed by atoms with Crippen LogP contribution in [-0.4, -0.2) is 35.9 Å². The minimum atomic E-state index is -4.02. The van der Waals surface area contributed by atoms with E-state index in [1.807, 2.05) is 20.8 Å². The van der Waals surface area contributed by atoms with Crippen molar-refractivity contribution in [2.24, 2.45) is 5.92 Å². The Hall–Kier alpha value is -4.10. The number of nitrogens with zero attached hydrogens (tertiary/aromatic N) is 3. The lowest BCUT2D eigenvalue weighted by Gasteiger charge is -2.12. The van der Waals surface area contributed by atoms with Crippen molar-refractivity contribution in [2.75, 3.05) is 17.3 Å². The summed E-state index contributed by atoms with van der Waals surface area (Å²) in [6, 6.07) is 12.1. The number of aromatic nitrogens is 2. The Morgan fingerprint density at radius 1 is 1.06 bits per heavy atom. The number of hydrogen-bond donors (Lipinski definition) is 3.